The summed E-state index contributed by atoms with van der Waals surface area (Å²) in [4.78, 5) is 10.4. The first-order valence-electron chi connectivity index (χ1n) is 3.34. The van der Waals surface area contributed by atoms with Gasteiger partial charge in [0.05, 0.1) is 5.92 Å². The molecule has 6 heteroatoms. The number of halogens is 5. The summed E-state index contributed by atoms with van der Waals surface area (Å²) in [5.74, 6) is -10.1. The van der Waals surface area contributed by atoms with Crippen LogP contribution in [0, 0.1) is 5.92 Å². The Hall–Kier alpha value is -0.580. The molecule has 0 radical (unpaired) electrons. The molecule has 1 saturated carbocycles. The first-order chi connectivity index (χ1) is 5.70. The van der Waals surface area contributed by atoms with Crippen LogP contribution in [0.1, 0.15) is 6.42 Å². The summed E-state index contributed by atoms with van der Waals surface area (Å²) in [6.07, 6.45) is -1.07. The van der Waals surface area contributed by atoms with Gasteiger partial charge in [-0.25, -0.2) is 0 Å². The van der Waals surface area contributed by atoms with Crippen LogP contribution in [0.5, 0.6) is 0 Å². The van der Waals surface area contributed by atoms with Crippen molar-refractivity contribution in [2.45, 2.75) is 18.3 Å². The topological polar surface area (TPSA) is 17.1 Å². The fourth-order valence-electron chi connectivity index (χ4n) is 1.12. The average Bonchev–Trinajstić information content (AvgIpc) is 1.98. The second-order valence-corrected chi connectivity index (χ2v) is 3.23. The van der Waals surface area contributed by atoms with E-state index in [9.17, 15) is 22.4 Å². The van der Waals surface area contributed by atoms with Crippen LogP contribution < -0.4 is 0 Å². The van der Waals surface area contributed by atoms with Gasteiger partial charge >= 0.3 is 11.8 Å². The molecule has 1 aliphatic rings. The molecule has 0 bridgehead atoms. The van der Waals surface area contributed by atoms with Crippen LogP contribution in [0.15, 0.2) is 12.2 Å². The van der Waals surface area contributed by atoms with Gasteiger partial charge in [-0.3, -0.25) is 4.79 Å². The zero-order chi connectivity index (χ0) is 10.4. The first-order valence-corrected chi connectivity index (χ1v) is 3.72. The summed E-state index contributed by atoms with van der Waals surface area (Å²) < 4.78 is 49.6. The van der Waals surface area contributed by atoms with E-state index in [1.54, 1.807) is 0 Å². The normalized spacial score (nSPS) is 29.2. The molecule has 0 aromatic heterocycles. The molecule has 0 aromatic rings. The Balaban J connectivity index is 2.81. The molecular formula is C7H5ClF4O. The second-order valence-electron chi connectivity index (χ2n) is 2.88. The summed E-state index contributed by atoms with van der Waals surface area (Å²) in [5.41, 5.74) is -0.655. The van der Waals surface area contributed by atoms with E-state index in [0.717, 1.165) is 0 Å². The highest BCUT2D eigenvalue weighted by Crippen LogP contribution is 2.57. The highest BCUT2D eigenvalue weighted by molar-refractivity contribution is 6.67. The maximum Gasteiger partial charge on any atom is 0.317 e. The molecule has 0 saturated heterocycles. The fourth-order valence-corrected chi connectivity index (χ4v) is 1.26. The summed E-state index contributed by atoms with van der Waals surface area (Å²) in [6, 6.07) is 0. The van der Waals surface area contributed by atoms with E-state index in [-0.39, 0.29) is 0 Å². The molecule has 74 valence electrons. The van der Waals surface area contributed by atoms with Crippen LogP contribution in [0.4, 0.5) is 17.6 Å². The lowest BCUT2D eigenvalue weighted by atomic mass is 9.73. The van der Waals surface area contributed by atoms with Gasteiger partial charge in [0.15, 0.2) is 0 Å². The molecular weight excluding hydrogens is 212 g/mol. The van der Waals surface area contributed by atoms with Gasteiger partial charge in [-0.1, -0.05) is 6.58 Å². The van der Waals surface area contributed by atoms with E-state index >= 15 is 0 Å². The Morgan fingerprint density at radius 1 is 1.38 bits per heavy atom. The van der Waals surface area contributed by atoms with Crippen LogP contribution in [-0.4, -0.2) is 17.1 Å². The number of alkyl halides is 4. The van der Waals surface area contributed by atoms with Crippen molar-refractivity contribution >= 4 is 16.8 Å². The van der Waals surface area contributed by atoms with Crippen molar-refractivity contribution in [1.82, 2.24) is 0 Å². The molecule has 1 nitrogen and oxygen atoms in total. The Labute approximate surface area is 76.4 Å². The van der Waals surface area contributed by atoms with Crippen LogP contribution in [-0.2, 0) is 4.79 Å². The van der Waals surface area contributed by atoms with Crippen molar-refractivity contribution in [1.29, 1.82) is 0 Å². The Morgan fingerprint density at radius 2 is 1.85 bits per heavy atom. The number of hydrogen-bond donors (Lipinski definition) is 0. The lowest BCUT2D eigenvalue weighted by molar-refractivity contribution is -0.303. The van der Waals surface area contributed by atoms with E-state index in [0.29, 0.717) is 0 Å². The van der Waals surface area contributed by atoms with Gasteiger partial charge in [-0.2, -0.15) is 17.6 Å². The predicted octanol–water partition coefficient (Wildman–Crippen LogP) is 2.60. The van der Waals surface area contributed by atoms with Crippen LogP contribution in [0.3, 0.4) is 0 Å². The minimum absolute atomic E-state index is 0.655. The van der Waals surface area contributed by atoms with Crippen molar-refractivity contribution in [2.24, 2.45) is 5.92 Å². The van der Waals surface area contributed by atoms with Crippen molar-refractivity contribution in [3.63, 3.8) is 0 Å². The third kappa shape index (κ3) is 1.35. The fraction of sp³-hybridized carbons (Fsp3) is 0.571. The highest BCUT2D eigenvalue weighted by Gasteiger charge is 2.72. The van der Waals surface area contributed by atoms with Gasteiger partial charge < -0.3 is 0 Å². The molecule has 0 N–H and O–H groups in total. The number of rotatable bonds is 2. The zero-order valence-corrected chi connectivity index (χ0v) is 7.05. The Kier molecular flexibility index (Phi) is 2.18. The SMILES string of the molecule is C=C(C(=O)Cl)C1CC(F)(F)C1(F)F. The minimum atomic E-state index is -4.20. The van der Waals surface area contributed by atoms with Gasteiger partial charge in [0.2, 0.25) is 5.24 Å². The summed E-state index contributed by atoms with van der Waals surface area (Å²) >= 11 is 4.84. The van der Waals surface area contributed by atoms with E-state index in [1.165, 1.54) is 0 Å². The van der Waals surface area contributed by atoms with Crippen molar-refractivity contribution in [3.8, 4) is 0 Å². The van der Waals surface area contributed by atoms with Crippen LogP contribution in [0.2, 0.25) is 0 Å². The molecule has 1 fully saturated rings. The van der Waals surface area contributed by atoms with Gasteiger partial charge in [0, 0.05) is 12.0 Å². The molecule has 13 heavy (non-hydrogen) atoms. The van der Waals surface area contributed by atoms with Gasteiger partial charge in [0.25, 0.3) is 0 Å². The second kappa shape index (κ2) is 2.70. The molecule has 0 spiro atoms. The Morgan fingerprint density at radius 3 is 2.08 bits per heavy atom. The van der Waals surface area contributed by atoms with Crippen LogP contribution >= 0.6 is 11.6 Å². The van der Waals surface area contributed by atoms with E-state index in [4.69, 9.17) is 11.6 Å². The van der Waals surface area contributed by atoms with Crippen molar-refractivity contribution in [3.05, 3.63) is 12.2 Å². The largest absolute Gasteiger partial charge is 0.317 e. The quantitative estimate of drug-likeness (QED) is 0.394. The monoisotopic (exact) mass is 216 g/mol. The molecule has 1 aliphatic carbocycles. The minimum Gasteiger partial charge on any atom is -0.276 e. The molecule has 0 aliphatic heterocycles. The lowest BCUT2D eigenvalue weighted by Gasteiger charge is -2.43. The third-order valence-electron chi connectivity index (χ3n) is 2.06. The average molecular weight is 217 g/mol. The van der Waals surface area contributed by atoms with Crippen molar-refractivity contribution < 1.29 is 22.4 Å². The zero-order valence-electron chi connectivity index (χ0n) is 6.29. The summed E-state index contributed by atoms with van der Waals surface area (Å²) in [6.45, 7) is 2.94. The van der Waals surface area contributed by atoms with E-state index in [2.05, 4.69) is 6.58 Å². The number of carbonyl (C=O) groups excluding carboxylic acids is 1. The van der Waals surface area contributed by atoms with Crippen LogP contribution in [0.25, 0.3) is 0 Å². The summed E-state index contributed by atoms with van der Waals surface area (Å²) in [7, 11) is 0. The van der Waals surface area contributed by atoms with Gasteiger partial charge in [-0.05, 0) is 11.6 Å². The molecule has 0 aromatic carbocycles. The summed E-state index contributed by atoms with van der Waals surface area (Å²) in [5, 5.41) is -1.19. The van der Waals surface area contributed by atoms with Gasteiger partial charge in [-0.15, -0.1) is 0 Å². The maximum absolute atomic E-state index is 12.6. The highest BCUT2D eigenvalue weighted by atomic mass is 35.5. The van der Waals surface area contributed by atoms with E-state index in [1.807, 2.05) is 0 Å². The first kappa shape index (κ1) is 10.5. The molecule has 1 rings (SSSR count). The standard InChI is InChI=1S/C7H5ClF4O/c1-3(5(8)13)4-2-6(9,10)7(4,11)12/h4H,1-2H2. The molecule has 1 unspecified atom stereocenters. The van der Waals surface area contributed by atoms with Crippen molar-refractivity contribution in [2.75, 3.05) is 0 Å². The smallest absolute Gasteiger partial charge is 0.276 e. The Bertz CT molecular complexity index is 274. The number of hydrogen-bond acceptors (Lipinski definition) is 1. The third-order valence-corrected chi connectivity index (χ3v) is 2.30. The molecule has 1 atom stereocenters. The predicted molar refractivity (Wildman–Crippen MR) is 38.0 cm³/mol. The maximum atomic E-state index is 12.6. The molecule has 0 amide bonds. The number of allylic oxidation sites excluding steroid dienone is 1. The lowest BCUT2D eigenvalue weighted by Crippen LogP contribution is -2.59. The number of carbonyl (C=O) groups is 1. The van der Waals surface area contributed by atoms with E-state index < -0.39 is 35.0 Å². The molecule has 0 heterocycles. The van der Waals surface area contributed by atoms with Gasteiger partial charge in [0.1, 0.15) is 0 Å².